The number of H-pyrrole nitrogens is 1. The molecule has 0 spiro atoms. The van der Waals surface area contributed by atoms with E-state index in [0.717, 1.165) is 10.9 Å². The lowest BCUT2D eigenvalue weighted by Crippen LogP contribution is -2.04. The first-order valence-electron chi connectivity index (χ1n) is 5.40. The Labute approximate surface area is 102 Å². The van der Waals surface area contributed by atoms with Crippen LogP contribution in [0.4, 0.5) is 11.8 Å². The number of aromatic amines is 1. The summed E-state index contributed by atoms with van der Waals surface area (Å²) in [6.07, 6.45) is 5.40. The van der Waals surface area contributed by atoms with Crippen molar-refractivity contribution in [3.8, 4) is 0 Å². The Hall–Kier alpha value is -2.64. The van der Waals surface area contributed by atoms with Crippen LogP contribution in [0.25, 0.3) is 11.0 Å². The minimum Gasteiger partial charge on any atom is -0.368 e. The molecule has 0 saturated heterocycles. The van der Waals surface area contributed by atoms with E-state index in [9.17, 15) is 0 Å². The van der Waals surface area contributed by atoms with Crippen molar-refractivity contribution in [3.63, 3.8) is 0 Å². The van der Waals surface area contributed by atoms with E-state index in [1.807, 2.05) is 13.2 Å². The van der Waals surface area contributed by atoms with Crippen molar-refractivity contribution in [3.05, 3.63) is 24.2 Å². The summed E-state index contributed by atoms with van der Waals surface area (Å²) in [4.78, 5) is 8.21. The molecule has 3 heterocycles. The monoisotopic (exact) mass is 244 g/mol. The second kappa shape index (κ2) is 3.99. The van der Waals surface area contributed by atoms with Crippen molar-refractivity contribution in [2.24, 2.45) is 7.05 Å². The molecular weight excluding hydrogens is 232 g/mol. The number of hydrogen-bond acceptors (Lipinski definition) is 6. The second-order valence-electron chi connectivity index (χ2n) is 3.94. The summed E-state index contributed by atoms with van der Waals surface area (Å²) in [7, 11) is 1.88. The molecule has 3 aromatic rings. The summed E-state index contributed by atoms with van der Waals surface area (Å²) in [6.45, 7) is 0.616. The number of nitrogens with two attached hydrogens (primary N) is 1. The van der Waals surface area contributed by atoms with Crippen LogP contribution in [-0.4, -0.2) is 29.9 Å². The third-order valence-electron chi connectivity index (χ3n) is 2.55. The van der Waals surface area contributed by atoms with Gasteiger partial charge >= 0.3 is 0 Å². The normalized spacial score (nSPS) is 10.9. The van der Waals surface area contributed by atoms with E-state index >= 15 is 0 Å². The molecule has 92 valence electrons. The van der Waals surface area contributed by atoms with Crippen LogP contribution < -0.4 is 11.1 Å². The summed E-state index contributed by atoms with van der Waals surface area (Å²) in [5.74, 6) is 0.871. The molecule has 0 saturated carbocycles. The molecule has 0 aromatic carbocycles. The number of hydrogen-bond donors (Lipinski definition) is 3. The quantitative estimate of drug-likeness (QED) is 0.610. The predicted octanol–water partition coefficient (Wildman–Crippen LogP) is 0.281. The summed E-state index contributed by atoms with van der Waals surface area (Å²) < 4.78 is 1.75. The van der Waals surface area contributed by atoms with Gasteiger partial charge in [-0.2, -0.15) is 20.2 Å². The Morgan fingerprint density at radius 2 is 2.28 bits per heavy atom. The van der Waals surface area contributed by atoms with Crippen LogP contribution in [0.1, 0.15) is 5.56 Å². The van der Waals surface area contributed by atoms with Crippen molar-refractivity contribution in [1.82, 2.24) is 29.9 Å². The van der Waals surface area contributed by atoms with Crippen LogP contribution in [0.5, 0.6) is 0 Å². The topological polar surface area (TPSA) is 110 Å². The average molecular weight is 244 g/mol. The highest BCUT2D eigenvalue weighted by Crippen LogP contribution is 2.19. The summed E-state index contributed by atoms with van der Waals surface area (Å²) in [5, 5.41) is 14.8. The first-order valence-corrected chi connectivity index (χ1v) is 5.40. The highest BCUT2D eigenvalue weighted by atomic mass is 15.2. The number of anilines is 2. The molecule has 3 rings (SSSR count). The largest absolute Gasteiger partial charge is 0.368 e. The molecule has 0 bridgehead atoms. The van der Waals surface area contributed by atoms with Crippen LogP contribution in [0.3, 0.4) is 0 Å². The van der Waals surface area contributed by atoms with Crippen molar-refractivity contribution in [2.45, 2.75) is 6.54 Å². The van der Waals surface area contributed by atoms with Crippen molar-refractivity contribution in [1.29, 1.82) is 0 Å². The Bertz CT molecular complexity index is 682. The van der Waals surface area contributed by atoms with E-state index in [0.29, 0.717) is 18.0 Å². The van der Waals surface area contributed by atoms with E-state index in [1.54, 1.807) is 17.1 Å². The molecule has 0 amide bonds. The van der Waals surface area contributed by atoms with E-state index in [4.69, 9.17) is 5.73 Å². The van der Waals surface area contributed by atoms with Crippen LogP contribution in [0.15, 0.2) is 18.6 Å². The zero-order valence-electron chi connectivity index (χ0n) is 9.75. The van der Waals surface area contributed by atoms with Gasteiger partial charge in [-0.05, 0) is 0 Å². The third-order valence-corrected chi connectivity index (χ3v) is 2.55. The van der Waals surface area contributed by atoms with Gasteiger partial charge in [-0.3, -0.25) is 9.78 Å². The van der Waals surface area contributed by atoms with Gasteiger partial charge in [0.25, 0.3) is 0 Å². The van der Waals surface area contributed by atoms with Gasteiger partial charge < -0.3 is 11.1 Å². The molecule has 0 fully saturated rings. The van der Waals surface area contributed by atoms with Gasteiger partial charge in [-0.1, -0.05) is 0 Å². The standard InChI is InChI=1S/C10H12N8/c1-18-5-6(3-14-18)2-12-8-7-4-13-17-9(7)16-10(11)15-8/h3-5H,2H2,1H3,(H4,11,12,13,15,16,17). The van der Waals surface area contributed by atoms with Crippen LogP contribution >= 0.6 is 0 Å². The number of nitrogens with one attached hydrogen (secondary N) is 2. The zero-order valence-corrected chi connectivity index (χ0v) is 9.75. The SMILES string of the molecule is Cn1cc(CNc2nc(N)nc3[nH]ncc23)cn1. The first-order chi connectivity index (χ1) is 8.72. The summed E-state index contributed by atoms with van der Waals surface area (Å²) >= 11 is 0. The molecule has 8 nitrogen and oxygen atoms in total. The van der Waals surface area contributed by atoms with Gasteiger partial charge in [0, 0.05) is 25.4 Å². The number of fused-ring (bicyclic) bond motifs is 1. The Kier molecular flexibility index (Phi) is 2.33. The number of rotatable bonds is 3. The molecule has 0 atom stereocenters. The number of aryl methyl sites for hydroxylation is 1. The zero-order chi connectivity index (χ0) is 12.5. The number of nitrogens with zero attached hydrogens (tertiary/aromatic N) is 5. The van der Waals surface area contributed by atoms with Crippen LogP contribution in [0.2, 0.25) is 0 Å². The molecule has 0 aliphatic carbocycles. The smallest absolute Gasteiger partial charge is 0.224 e. The maximum absolute atomic E-state index is 5.63. The average Bonchev–Trinajstić information content (AvgIpc) is 2.94. The van der Waals surface area contributed by atoms with Gasteiger partial charge in [0.15, 0.2) is 5.65 Å². The molecule has 3 aromatic heterocycles. The minimum absolute atomic E-state index is 0.209. The van der Waals surface area contributed by atoms with Crippen molar-refractivity contribution < 1.29 is 0 Å². The molecule has 18 heavy (non-hydrogen) atoms. The summed E-state index contributed by atoms with van der Waals surface area (Å²) in [6, 6.07) is 0. The van der Waals surface area contributed by atoms with Gasteiger partial charge in [0.2, 0.25) is 5.95 Å². The van der Waals surface area contributed by atoms with Crippen LogP contribution in [0, 0.1) is 0 Å². The molecule has 0 radical (unpaired) electrons. The molecular formula is C10H12N8. The third kappa shape index (κ3) is 1.83. The fraction of sp³-hybridized carbons (Fsp3) is 0.200. The number of aromatic nitrogens is 6. The van der Waals surface area contributed by atoms with Crippen LogP contribution in [-0.2, 0) is 13.6 Å². The van der Waals surface area contributed by atoms with Crippen molar-refractivity contribution >= 4 is 22.8 Å². The van der Waals surface area contributed by atoms with E-state index in [2.05, 4.69) is 30.6 Å². The van der Waals surface area contributed by atoms with Gasteiger partial charge in [0.1, 0.15) is 5.82 Å². The second-order valence-corrected chi connectivity index (χ2v) is 3.94. The number of nitrogen functional groups attached to an aromatic ring is 1. The Morgan fingerprint density at radius 3 is 3.06 bits per heavy atom. The van der Waals surface area contributed by atoms with Crippen molar-refractivity contribution in [2.75, 3.05) is 11.1 Å². The maximum atomic E-state index is 5.63. The lowest BCUT2D eigenvalue weighted by Gasteiger charge is -2.05. The fourth-order valence-electron chi connectivity index (χ4n) is 1.74. The molecule has 0 unspecified atom stereocenters. The fourth-order valence-corrected chi connectivity index (χ4v) is 1.74. The molecule has 8 heteroatoms. The molecule has 0 aliphatic heterocycles. The highest BCUT2D eigenvalue weighted by molar-refractivity contribution is 5.86. The van der Waals surface area contributed by atoms with Gasteiger partial charge in [-0.15, -0.1) is 0 Å². The summed E-state index contributed by atoms with van der Waals surface area (Å²) in [5.41, 5.74) is 7.31. The lowest BCUT2D eigenvalue weighted by atomic mass is 10.3. The Morgan fingerprint density at radius 1 is 1.39 bits per heavy atom. The van der Waals surface area contributed by atoms with E-state index in [-0.39, 0.29) is 5.95 Å². The molecule has 0 aliphatic rings. The predicted molar refractivity (Wildman–Crippen MR) is 66.6 cm³/mol. The van der Waals surface area contributed by atoms with Gasteiger partial charge in [0.05, 0.1) is 17.8 Å². The molecule has 4 N–H and O–H groups in total. The minimum atomic E-state index is 0.209. The highest BCUT2D eigenvalue weighted by Gasteiger charge is 2.07. The van der Waals surface area contributed by atoms with Gasteiger partial charge in [-0.25, -0.2) is 0 Å². The maximum Gasteiger partial charge on any atom is 0.224 e. The Balaban J connectivity index is 1.87. The first kappa shape index (κ1) is 10.5. The lowest BCUT2D eigenvalue weighted by molar-refractivity contribution is 0.767. The van der Waals surface area contributed by atoms with E-state index < -0.39 is 0 Å². The van der Waals surface area contributed by atoms with E-state index in [1.165, 1.54) is 0 Å².